The molecular formula is C17H35NO. The van der Waals surface area contributed by atoms with Crippen molar-refractivity contribution in [2.24, 2.45) is 0 Å². The highest BCUT2D eigenvalue weighted by molar-refractivity contribution is 4.81. The summed E-state index contributed by atoms with van der Waals surface area (Å²) in [5.74, 6) is 0. The molecule has 0 bridgehead atoms. The summed E-state index contributed by atoms with van der Waals surface area (Å²) in [6, 6.07) is 0. The highest BCUT2D eigenvalue weighted by Gasteiger charge is 2.29. The fourth-order valence-corrected chi connectivity index (χ4v) is 3.07. The zero-order valence-corrected chi connectivity index (χ0v) is 13.1. The summed E-state index contributed by atoms with van der Waals surface area (Å²) in [6.07, 6.45) is 18.0. The normalized spacial score (nSPS) is 18.0. The van der Waals surface area contributed by atoms with Crippen LogP contribution in [0.5, 0.6) is 0 Å². The first-order chi connectivity index (χ1) is 9.27. The number of nitrogens with one attached hydrogen (secondary N) is 1. The van der Waals surface area contributed by atoms with E-state index in [9.17, 15) is 5.11 Å². The van der Waals surface area contributed by atoms with E-state index in [1.807, 2.05) is 0 Å². The van der Waals surface area contributed by atoms with Crippen molar-refractivity contribution in [1.82, 2.24) is 5.32 Å². The van der Waals surface area contributed by atoms with Crippen LogP contribution >= 0.6 is 0 Å². The van der Waals surface area contributed by atoms with E-state index >= 15 is 0 Å². The first kappa shape index (κ1) is 17.0. The Balaban J connectivity index is 1.76. The lowest BCUT2D eigenvalue weighted by atomic mass is 10.1. The smallest absolute Gasteiger partial charge is 0.116 e. The van der Waals surface area contributed by atoms with E-state index in [-0.39, 0.29) is 0 Å². The maximum absolute atomic E-state index is 10.1. The van der Waals surface area contributed by atoms with Gasteiger partial charge in [-0.05, 0) is 38.6 Å². The maximum atomic E-state index is 10.1. The van der Waals surface area contributed by atoms with Crippen LogP contribution in [0.25, 0.3) is 0 Å². The standard InChI is InChI=1S/C17H35NO/c1-2-3-4-5-6-7-8-9-10-13-16-18-17(19)14-11-12-15-17/h18-19H,2-16H2,1H3. The van der Waals surface area contributed by atoms with Crippen molar-refractivity contribution in [2.45, 2.75) is 103 Å². The Bertz CT molecular complexity index is 199. The van der Waals surface area contributed by atoms with Crippen LogP contribution in [0.15, 0.2) is 0 Å². The van der Waals surface area contributed by atoms with E-state index in [1.54, 1.807) is 0 Å². The van der Waals surface area contributed by atoms with Gasteiger partial charge in [0.2, 0.25) is 0 Å². The van der Waals surface area contributed by atoms with Crippen molar-refractivity contribution in [1.29, 1.82) is 0 Å². The molecule has 0 atom stereocenters. The van der Waals surface area contributed by atoms with Gasteiger partial charge >= 0.3 is 0 Å². The first-order valence-corrected chi connectivity index (χ1v) is 8.74. The molecule has 0 amide bonds. The molecule has 1 saturated carbocycles. The fraction of sp³-hybridized carbons (Fsp3) is 1.00. The molecule has 0 aliphatic heterocycles. The summed E-state index contributed by atoms with van der Waals surface area (Å²) in [4.78, 5) is 0. The van der Waals surface area contributed by atoms with Crippen LogP contribution in [0, 0.1) is 0 Å². The van der Waals surface area contributed by atoms with Crippen LogP contribution in [0.4, 0.5) is 0 Å². The number of hydrogen-bond donors (Lipinski definition) is 2. The Kier molecular flexibility index (Phi) is 9.54. The van der Waals surface area contributed by atoms with Gasteiger partial charge in [0.15, 0.2) is 0 Å². The Morgan fingerprint density at radius 3 is 1.79 bits per heavy atom. The number of aliphatic hydroxyl groups is 1. The molecule has 19 heavy (non-hydrogen) atoms. The topological polar surface area (TPSA) is 32.3 Å². The molecule has 2 N–H and O–H groups in total. The van der Waals surface area contributed by atoms with Crippen LogP contribution in [-0.4, -0.2) is 17.4 Å². The molecule has 0 aromatic carbocycles. The SMILES string of the molecule is CCCCCCCCCCCCNC1(O)CCCC1. The second-order valence-electron chi connectivity index (χ2n) is 6.35. The molecule has 2 heteroatoms. The number of unbranched alkanes of at least 4 members (excludes halogenated alkanes) is 9. The minimum absolute atomic E-state index is 0.515. The highest BCUT2D eigenvalue weighted by atomic mass is 16.3. The predicted octanol–water partition coefficient (Wildman–Crippen LogP) is 4.76. The van der Waals surface area contributed by atoms with Gasteiger partial charge < -0.3 is 5.11 Å². The van der Waals surface area contributed by atoms with Crippen LogP contribution in [0.1, 0.15) is 96.8 Å². The quantitative estimate of drug-likeness (QED) is 0.395. The second-order valence-corrected chi connectivity index (χ2v) is 6.35. The lowest BCUT2D eigenvalue weighted by molar-refractivity contribution is 0.0123. The molecule has 1 rings (SSSR count). The molecule has 1 aliphatic rings. The molecule has 0 saturated heterocycles. The van der Waals surface area contributed by atoms with Gasteiger partial charge in [-0.15, -0.1) is 0 Å². The summed E-state index contributed by atoms with van der Waals surface area (Å²) in [5, 5.41) is 13.5. The van der Waals surface area contributed by atoms with Gasteiger partial charge in [0.1, 0.15) is 5.72 Å². The van der Waals surface area contributed by atoms with Crippen molar-refractivity contribution in [3.05, 3.63) is 0 Å². The average Bonchev–Trinajstić information content (AvgIpc) is 2.83. The molecule has 0 spiro atoms. The Morgan fingerprint density at radius 2 is 1.26 bits per heavy atom. The van der Waals surface area contributed by atoms with E-state index in [2.05, 4.69) is 12.2 Å². The molecule has 0 aromatic rings. The van der Waals surface area contributed by atoms with Crippen LogP contribution in [0.2, 0.25) is 0 Å². The largest absolute Gasteiger partial charge is 0.376 e. The van der Waals surface area contributed by atoms with Crippen molar-refractivity contribution in [3.63, 3.8) is 0 Å². The molecule has 0 radical (unpaired) electrons. The fourth-order valence-electron chi connectivity index (χ4n) is 3.07. The third-order valence-corrected chi connectivity index (χ3v) is 4.42. The van der Waals surface area contributed by atoms with Crippen LogP contribution in [-0.2, 0) is 0 Å². The van der Waals surface area contributed by atoms with E-state index < -0.39 is 5.72 Å². The van der Waals surface area contributed by atoms with Crippen molar-refractivity contribution >= 4 is 0 Å². The molecule has 0 heterocycles. The van der Waals surface area contributed by atoms with Gasteiger partial charge in [0.05, 0.1) is 0 Å². The second kappa shape index (κ2) is 10.7. The third kappa shape index (κ3) is 8.65. The van der Waals surface area contributed by atoms with E-state index in [0.29, 0.717) is 0 Å². The maximum Gasteiger partial charge on any atom is 0.116 e. The van der Waals surface area contributed by atoms with Crippen molar-refractivity contribution in [2.75, 3.05) is 6.54 Å². The van der Waals surface area contributed by atoms with E-state index in [4.69, 9.17) is 0 Å². The summed E-state index contributed by atoms with van der Waals surface area (Å²) in [6.45, 7) is 3.27. The summed E-state index contributed by atoms with van der Waals surface area (Å²) >= 11 is 0. The van der Waals surface area contributed by atoms with Gasteiger partial charge in [0.25, 0.3) is 0 Å². The van der Waals surface area contributed by atoms with Gasteiger partial charge in [-0.1, -0.05) is 64.7 Å². The zero-order chi connectivity index (χ0) is 13.8. The predicted molar refractivity (Wildman–Crippen MR) is 83.3 cm³/mol. The Labute approximate surface area is 120 Å². The number of hydrogen-bond acceptors (Lipinski definition) is 2. The summed E-state index contributed by atoms with van der Waals surface area (Å²) in [5.41, 5.74) is -0.515. The lowest BCUT2D eigenvalue weighted by Crippen LogP contribution is -2.42. The van der Waals surface area contributed by atoms with Gasteiger partial charge in [0, 0.05) is 0 Å². The zero-order valence-electron chi connectivity index (χ0n) is 13.1. The average molecular weight is 269 g/mol. The molecule has 1 aliphatic carbocycles. The van der Waals surface area contributed by atoms with Crippen molar-refractivity contribution in [3.8, 4) is 0 Å². The van der Waals surface area contributed by atoms with Gasteiger partial charge in [-0.25, -0.2) is 0 Å². The molecule has 0 unspecified atom stereocenters. The van der Waals surface area contributed by atoms with Crippen LogP contribution < -0.4 is 5.32 Å². The molecule has 2 nitrogen and oxygen atoms in total. The Hall–Kier alpha value is -0.0800. The van der Waals surface area contributed by atoms with Crippen molar-refractivity contribution < 1.29 is 5.11 Å². The molecule has 0 aromatic heterocycles. The van der Waals surface area contributed by atoms with Crippen LogP contribution in [0.3, 0.4) is 0 Å². The van der Waals surface area contributed by atoms with E-state index in [0.717, 1.165) is 19.4 Å². The number of rotatable bonds is 12. The van der Waals surface area contributed by atoms with E-state index in [1.165, 1.54) is 77.0 Å². The lowest BCUT2D eigenvalue weighted by Gasteiger charge is -2.23. The third-order valence-electron chi connectivity index (χ3n) is 4.42. The monoisotopic (exact) mass is 269 g/mol. The summed E-state index contributed by atoms with van der Waals surface area (Å²) in [7, 11) is 0. The minimum atomic E-state index is -0.515. The van der Waals surface area contributed by atoms with Gasteiger partial charge in [-0.3, -0.25) is 5.32 Å². The summed E-state index contributed by atoms with van der Waals surface area (Å²) < 4.78 is 0. The minimum Gasteiger partial charge on any atom is -0.376 e. The molecular weight excluding hydrogens is 234 g/mol. The highest BCUT2D eigenvalue weighted by Crippen LogP contribution is 2.26. The van der Waals surface area contributed by atoms with Gasteiger partial charge in [-0.2, -0.15) is 0 Å². The molecule has 1 fully saturated rings. The Morgan fingerprint density at radius 1 is 0.789 bits per heavy atom. The first-order valence-electron chi connectivity index (χ1n) is 8.74. The molecule has 114 valence electrons.